The summed E-state index contributed by atoms with van der Waals surface area (Å²) in [6, 6.07) is 13.5. The predicted molar refractivity (Wildman–Crippen MR) is 93.6 cm³/mol. The van der Waals surface area contributed by atoms with Crippen molar-refractivity contribution in [3.05, 3.63) is 76.3 Å². The molecule has 0 N–H and O–H groups in total. The number of para-hydroxylation sites is 1. The van der Waals surface area contributed by atoms with Crippen LogP contribution in [0.15, 0.2) is 59.7 Å². The van der Waals surface area contributed by atoms with Gasteiger partial charge in [0.15, 0.2) is 0 Å². The van der Waals surface area contributed by atoms with Crippen molar-refractivity contribution in [2.75, 3.05) is 7.11 Å². The van der Waals surface area contributed by atoms with E-state index in [4.69, 9.17) is 4.74 Å². The standard InChI is InChI=1S/C19H16N2O5/c1-25-19(24)14-6-4-5-13(9-14)11-26-17(22)10-21-12-20-16-8-3-2-7-15(16)18(21)23/h2-9,12H,10-11H2,1H3. The Morgan fingerprint density at radius 1 is 1.12 bits per heavy atom. The summed E-state index contributed by atoms with van der Waals surface area (Å²) in [6.07, 6.45) is 1.32. The van der Waals surface area contributed by atoms with Crippen molar-refractivity contribution in [3.8, 4) is 0 Å². The summed E-state index contributed by atoms with van der Waals surface area (Å²) in [5.41, 5.74) is 1.28. The minimum Gasteiger partial charge on any atom is -0.465 e. The lowest BCUT2D eigenvalue weighted by Gasteiger charge is -2.08. The molecule has 0 aliphatic rings. The van der Waals surface area contributed by atoms with Crippen LogP contribution in [0.25, 0.3) is 10.9 Å². The van der Waals surface area contributed by atoms with E-state index in [1.807, 2.05) is 0 Å². The highest BCUT2D eigenvalue weighted by atomic mass is 16.5. The summed E-state index contributed by atoms with van der Waals surface area (Å²) < 4.78 is 11.0. The van der Waals surface area contributed by atoms with Gasteiger partial charge in [0.1, 0.15) is 13.2 Å². The van der Waals surface area contributed by atoms with E-state index in [1.54, 1.807) is 48.5 Å². The average molecular weight is 352 g/mol. The molecule has 3 aromatic rings. The van der Waals surface area contributed by atoms with Gasteiger partial charge in [-0.1, -0.05) is 24.3 Å². The fraction of sp³-hybridized carbons (Fsp3) is 0.158. The third-order valence-electron chi connectivity index (χ3n) is 3.78. The van der Waals surface area contributed by atoms with Crippen LogP contribution in [0.4, 0.5) is 0 Å². The number of fused-ring (bicyclic) bond motifs is 1. The topological polar surface area (TPSA) is 87.5 Å². The van der Waals surface area contributed by atoms with Crippen molar-refractivity contribution in [1.82, 2.24) is 9.55 Å². The molecule has 132 valence electrons. The van der Waals surface area contributed by atoms with E-state index in [2.05, 4.69) is 9.72 Å². The first-order chi connectivity index (χ1) is 12.6. The molecule has 2 aromatic carbocycles. The Kier molecular flexibility index (Phi) is 5.07. The van der Waals surface area contributed by atoms with Gasteiger partial charge in [0.2, 0.25) is 0 Å². The molecule has 0 saturated carbocycles. The van der Waals surface area contributed by atoms with Crippen molar-refractivity contribution in [1.29, 1.82) is 0 Å². The predicted octanol–water partition coefficient (Wildman–Crippen LogP) is 1.93. The summed E-state index contributed by atoms with van der Waals surface area (Å²) in [6.45, 7) is -0.257. The molecule has 1 aromatic heterocycles. The van der Waals surface area contributed by atoms with Crippen LogP contribution < -0.4 is 5.56 Å². The van der Waals surface area contributed by atoms with Crippen molar-refractivity contribution in [3.63, 3.8) is 0 Å². The minimum atomic E-state index is -0.576. The Morgan fingerprint density at radius 2 is 1.92 bits per heavy atom. The highest BCUT2D eigenvalue weighted by molar-refractivity contribution is 5.89. The van der Waals surface area contributed by atoms with Gasteiger partial charge in [0, 0.05) is 0 Å². The van der Waals surface area contributed by atoms with Crippen molar-refractivity contribution in [2.24, 2.45) is 0 Å². The maximum Gasteiger partial charge on any atom is 0.337 e. The maximum atomic E-state index is 12.4. The number of hydrogen-bond acceptors (Lipinski definition) is 6. The van der Waals surface area contributed by atoms with E-state index in [0.717, 1.165) is 0 Å². The summed E-state index contributed by atoms with van der Waals surface area (Å²) in [5.74, 6) is -1.04. The molecule has 0 bridgehead atoms. The highest BCUT2D eigenvalue weighted by Crippen LogP contribution is 2.09. The van der Waals surface area contributed by atoms with Crippen LogP contribution in [0.2, 0.25) is 0 Å². The Labute approximate surface area is 148 Å². The van der Waals surface area contributed by atoms with Crippen LogP contribution in [-0.2, 0) is 27.4 Å². The van der Waals surface area contributed by atoms with Gasteiger partial charge >= 0.3 is 11.9 Å². The summed E-state index contributed by atoms with van der Waals surface area (Å²) in [4.78, 5) is 40.1. The second kappa shape index (κ2) is 7.60. The van der Waals surface area contributed by atoms with E-state index < -0.39 is 11.9 Å². The number of esters is 2. The van der Waals surface area contributed by atoms with E-state index in [1.165, 1.54) is 18.0 Å². The zero-order valence-electron chi connectivity index (χ0n) is 14.0. The van der Waals surface area contributed by atoms with Crippen LogP contribution in [0, 0.1) is 0 Å². The van der Waals surface area contributed by atoms with E-state index >= 15 is 0 Å². The number of benzene rings is 2. The Balaban J connectivity index is 1.67. The molecule has 1 heterocycles. The number of hydrogen-bond donors (Lipinski definition) is 0. The highest BCUT2D eigenvalue weighted by Gasteiger charge is 2.10. The van der Waals surface area contributed by atoms with Crippen LogP contribution in [0.5, 0.6) is 0 Å². The lowest BCUT2D eigenvalue weighted by atomic mass is 10.1. The molecule has 0 unspecified atom stereocenters. The molecule has 0 spiro atoms. The number of aromatic nitrogens is 2. The lowest BCUT2D eigenvalue weighted by molar-refractivity contribution is -0.145. The molecule has 0 aliphatic heterocycles. The largest absolute Gasteiger partial charge is 0.465 e. The SMILES string of the molecule is COC(=O)c1cccc(COC(=O)Cn2cnc3ccccc3c2=O)c1. The third-order valence-corrected chi connectivity index (χ3v) is 3.78. The second-order valence-corrected chi connectivity index (χ2v) is 5.55. The van der Waals surface area contributed by atoms with E-state index in [0.29, 0.717) is 22.0 Å². The number of carbonyl (C=O) groups is 2. The first kappa shape index (κ1) is 17.3. The Bertz CT molecular complexity index is 1030. The summed E-state index contributed by atoms with van der Waals surface area (Å²) >= 11 is 0. The fourth-order valence-electron chi connectivity index (χ4n) is 2.47. The van der Waals surface area contributed by atoms with Gasteiger partial charge in [-0.2, -0.15) is 0 Å². The number of nitrogens with zero attached hydrogens (tertiary/aromatic N) is 2. The molecule has 0 atom stereocenters. The third kappa shape index (κ3) is 3.77. The molecule has 0 amide bonds. The van der Waals surface area contributed by atoms with Gasteiger partial charge in [0.25, 0.3) is 5.56 Å². The zero-order chi connectivity index (χ0) is 18.5. The Morgan fingerprint density at radius 3 is 2.73 bits per heavy atom. The Hall–Kier alpha value is -3.48. The maximum absolute atomic E-state index is 12.4. The van der Waals surface area contributed by atoms with Crippen LogP contribution in [0.1, 0.15) is 15.9 Å². The normalized spacial score (nSPS) is 10.5. The van der Waals surface area contributed by atoms with Crippen molar-refractivity contribution in [2.45, 2.75) is 13.2 Å². The van der Waals surface area contributed by atoms with E-state index in [-0.39, 0.29) is 18.7 Å². The molecular weight excluding hydrogens is 336 g/mol. The van der Waals surface area contributed by atoms with Gasteiger partial charge in [-0.15, -0.1) is 0 Å². The van der Waals surface area contributed by atoms with Crippen LogP contribution in [-0.4, -0.2) is 28.6 Å². The molecule has 0 fully saturated rings. The van der Waals surface area contributed by atoms with Gasteiger partial charge in [-0.25, -0.2) is 9.78 Å². The smallest absolute Gasteiger partial charge is 0.337 e. The summed E-state index contributed by atoms with van der Waals surface area (Å²) in [5, 5.41) is 0.438. The second-order valence-electron chi connectivity index (χ2n) is 5.55. The molecule has 7 nitrogen and oxygen atoms in total. The van der Waals surface area contributed by atoms with Crippen LogP contribution >= 0.6 is 0 Å². The lowest BCUT2D eigenvalue weighted by Crippen LogP contribution is -2.25. The number of carbonyl (C=O) groups excluding carboxylic acids is 2. The van der Waals surface area contributed by atoms with E-state index in [9.17, 15) is 14.4 Å². The summed E-state index contributed by atoms with van der Waals surface area (Å²) in [7, 11) is 1.30. The van der Waals surface area contributed by atoms with Crippen molar-refractivity contribution < 1.29 is 19.1 Å². The first-order valence-electron chi connectivity index (χ1n) is 7.85. The molecule has 0 aliphatic carbocycles. The average Bonchev–Trinajstić information content (AvgIpc) is 2.68. The molecule has 26 heavy (non-hydrogen) atoms. The van der Waals surface area contributed by atoms with Crippen molar-refractivity contribution >= 4 is 22.8 Å². The molecular formula is C19H16N2O5. The van der Waals surface area contributed by atoms with Gasteiger partial charge in [0.05, 0.1) is 29.9 Å². The minimum absolute atomic E-state index is 0.0145. The van der Waals surface area contributed by atoms with Gasteiger partial charge in [-0.3, -0.25) is 14.2 Å². The molecule has 0 radical (unpaired) electrons. The monoisotopic (exact) mass is 352 g/mol. The number of ether oxygens (including phenoxy) is 2. The van der Waals surface area contributed by atoms with Gasteiger partial charge in [-0.05, 0) is 29.8 Å². The molecule has 3 rings (SSSR count). The number of methoxy groups -OCH3 is 1. The quantitative estimate of drug-likeness (QED) is 0.652. The van der Waals surface area contributed by atoms with Crippen LogP contribution in [0.3, 0.4) is 0 Å². The fourth-order valence-corrected chi connectivity index (χ4v) is 2.47. The zero-order valence-corrected chi connectivity index (χ0v) is 14.0. The van der Waals surface area contributed by atoms with Gasteiger partial charge < -0.3 is 9.47 Å². The first-order valence-corrected chi connectivity index (χ1v) is 7.85. The molecule has 0 saturated heterocycles. The molecule has 7 heteroatoms. The number of rotatable bonds is 5.